The molecule has 3 N–H and O–H groups in total. The van der Waals surface area contributed by atoms with Crippen LogP contribution in [0.25, 0.3) is 11.0 Å². The lowest BCUT2D eigenvalue weighted by Gasteiger charge is -2.07. The smallest absolute Gasteiger partial charge is 0.314 e. The third-order valence-corrected chi connectivity index (χ3v) is 3.72. The average molecular weight is 329 g/mol. The molecule has 2 aromatic carbocycles. The number of imidazole rings is 1. The normalized spacial score (nSPS) is 10.5. The molecule has 0 aliphatic rings. The van der Waals surface area contributed by atoms with E-state index in [1.54, 1.807) is 42.7 Å². The maximum atomic E-state index is 12.0. The highest BCUT2D eigenvalue weighted by molar-refractivity contribution is 6.43. The highest BCUT2D eigenvalue weighted by atomic mass is 35.5. The number of anilines is 2. The van der Waals surface area contributed by atoms with Gasteiger partial charge in [-0.1, -0.05) is 17.7 Å². The van der Waals surface area contributed by atoms with Crippen LogP contribution in [0.2, 0.25) is 5.02 Å². The summed E-state index contributed by atoms with van der Waals surface area (Å²) in [7, 11) is 0. The molecule has 0 spiro atoms. The summed E-state index contributed by atoms with van der Waals surface area (Å²) in [6.45, 7) is 1.85. The van der Waals surface area contributed by atoms with Gasteiger partial charge in [0.15, 0.2) is 0 Å². The minimum absolute atomic E-state index is 0.463. The lowest BCUT2D eigenvalue weighted by molar-refractivity contribution is -0.132. The maximum Gasteiger partial charge on any atom is 0.314 e. The van der Waals surface area contributed by atoms with Crippen LogP contribution in [0.5, 0.6) is 0 Å². The van der Waals surface area contributed by atoms with Crippen molar-refractivity contribution in [2.75, 3.05) is 10.6 Å². The molecule has 0 atom stereocenters. The Morgan fingerprint density at radius 1 is 1.04 bits per heavy atom. The Morgan fingerprint density at radius 3 is 2.39 bits per heavy atom. The van der Waals surface area contributed by atoms with E-state index in [1.807, 2.05) is 6.92 Å². The maximum absolute atomic E-state index is 12.0. The number of benzene rings is 2. The number of aryl methyl sites for hydroxylation is 1. The molecule has 0 aliphatic carbocycles. The predicted octanol–water partition coefficient (Wildman–Crippen LogP) is 3.10. The molecule has 1 aromatic heterocycles. The molecule has 7 heteroatoms. The molecule has 0 saturated heterocycles. The van der Waals surface area contributed by atoms with Crippen molar-refractivity contribution in [1.29, 1.82) is 0 Å². The summed E-state index contributed by atoms with van der Waals surface area (Å²) in [6.07, 6.45) is 1.56. The number of aromatic amines is 1. The number of fused-ring (bicyclic) bond motifs is 1. The SMILES string of the molecule is Cc1ccc(NC(=O)C(=O)Nc2ccc3nc[nH]c3c2)cc1Cl. The average Bonchev–Trinajstić information content (AvgIpc) is 2.98. The summed E-state index contributed by atoms with van der Waals surface area (Å²) in [6, 6.07) is 10.2. The molecule has 1 heterocycles. The second-order valence-electron chi connectivity index (χ2n) is 5.01. The van der Waals surface area contributed by atoms with E-state index >= 15 is 0 Å². The zero-order valence-corrected chi connectivity index (χ0v) is 12.9. The van der Waals surface area contributed by atoms with Gasteiger partial charge in [0.2, 0.25) is 0 Å². The first kappa shape index (κ1) is 15.1. The van der Waals surface area contributed by atoms with E-state index in [4.69, 9.17) is 11.6 Å². The number of carbonyl (C=O) groups excluding carboxylic acids is 2. The molecule has 3 rings (SSSR count). The number of rotatable bonds is 2. The van der Waals surface area contributed by atoms with Gasteiger partial charge in [0.05, 0.1) is 17.4 Å². The summed E-state index contributed by atoms with van der Waals surface area (Å²) in [5.74, 6) is -1.53. The van der Waals surface area contributed by atoms with Crippen molar-refractivity contribution < 1.29 is 9.59 Å². The van der Waals surface area contributed by atoms with E-state index in [0.717, 1.165) is 16.6 Å². The second-order valence-corrected chi connectivity index (χ2v) is 5.41. The molecule has 2 amide bonds. The fraction of sp³-hybridized carbons (Fsp3) is 0.0625. The molecule has 0 fully saturated rings. The second kappa shape index (κ2) is 6.10. The van der Waals surface area contributed by atoms with Crippen molar-refractivity contribution in [3.63, 3.8) is 0 Å². The summed E-state index contributed by atoms with van der Waals surface area (Å²) >= 11 is 5.99. The number of aromatic nitrogens is 2. The summed E-state index contributed by atoms with van der Waals surface area (Å²) in [5, 5.41) is 5.57. The standard InChI is InChI=1S/C16H13ClN4O2/c1-9-2-3-10(6-12(9)17)20-15(22)16(23)21-11-4-5-13-14(7-11)19-8-18-13/h2-8H,1H3,(H,18,19)(H,20,22)(H,21,23). The molecule has 0 radical (unpaired) electrons. The van der Waals surface area contributed by atoms with E-state index < -0.39 is 11.8 Å². The van der Waals surface area contributed by atoms with Crippen LogP contribution < -0.4 is 10.6 Å². The number of halogens is 1. The fourth-order valence-corrected chi connectivity index (χ4v) is 2.24. The molecule has 6 nitrogen and oxygen atoms in total. The van der Waals surface area contributed by atoms with Gasteiger partial charge < -0.3 is 15.6 Å². The van der Waals surface area contributed by atoms with Gasteiger partial charge in [-0.3, -0.25) is 9.59 Å². The van der Waals surface area contributed by atoms with E-state index in [-0.39, 0.29) is 0 Å². The molecular weight excluding hydrogens is 316 g/mol. The molecule has 116 valence electrons. The Kier molecular flexibility index (Phi) is 3.99. The first-order valence-corrected chi connectivity index (χ1v) is 7.22. The third-order valence-electron chi connectivity index (χ3n) is 3.31. The van der Waals surface area contributed by atoms with Crippen molar-refractivity contribution in [3.8, 4) is 0 Å². The van der Waals surface area contributed by atoms with Gasteiger partial charge in [-0.05, 0) is 42.8 Å². The number of nitrogens with zero attached hydrogens (tertiary/aromatic N) is 1. The third kappa shape index (κ3) is 3.32. The van der Waals surface area contributed by atoms with E-state index in [9.17, 15) is 9.59 Å². The van der Waals surface area contributed by atoms with E-state index in [0.29, 0.717) is 16.4 Å². The van der Waals surface area contributed by atoms with Crippen LogP contribution in [0.15, 0.2) is 42.7 Å². The largest absolute Gasteiger partial charge is 0.345 e. The van der Waals surface area contributed by atoms with Gasteiger partial charge in [0.1, 0.15) is 0 Å². The Morgan fingerprint density at radius 2 is 1.70 bits per heavy atom. The number of hydrogen-bond donors (Lipinski definition) is 3. The zero-order chi connectivity index (χ0) is 16.4. The van der Waals surface area contributed by atoms with Gasteiger partial charge in [-0.2, -0.15) is 0 Å². The van der Waals surface area contributed by atoms with Crippen molar-refractivity contribution in [2.24, 2.45) is 0 Å². The van der Waals surface area contributed by atoms with Crippen LogP contribution in [0.3, 0.4) is 0 Å². The number of carbonyl (C=O) groups is 2. The predicted molar refractivity (Wildman–Crippen MR) is 89.5 cm³/mol. The minimum Gasteiger partial charge on any atom is -0.345 e. The molecule has 0 aliphatic heterocycles. The Hall–Kier alpha value is -2.86. The molecule has 0 unspecified atom stereocenters. The highest BCUT2D eigenvalue weighted by Gasteiger charge is 2.14. The van der Waals surface area contributed by atoms with Crippen molar-refractivity contribution in [2.45, 2.75) is 6.92 Å². The Labute approximate surface area is 136 Å². The number of hydrogen-bond acceptors (Lipinski definition) is 3. The Balaban J connectivity index is 1.69. The summed E-state index contributed by atoms with van der Waals surface area (Å²) in [4.78, 5) is 30.9. The number of amides is 2. The first-order valence-electron chi connectivity index (χ1n) is 6.84. The van der Waals surface area contributed by atoms with E-state index in [1.165, 1.54) is 0 Å². The van der Waals surface area contributed by atoms with Crippen LogP contribution in [0.1, 0.15) is 5.56 Å². The molecule has 3 aromatic rings. The molecule has 23 heavy (non-hydrogen) atoms. The van der Waals surface area contributed by atoms with Crippen molar-refractivity contribution in [1.82, 2.24) is 9.97 Å². The van der Waals surface area contributed by atoms with Crippen LogP contribution in [-0.4, -0.2) is 21.8 Å². The minimum atomic E-state index is -0.769. The van der Waals surface area contributed by atoms with E-state index in [2.05, 4.69) is 20.6 Å². The number of H-pyrrole nitrogens is 1. The van der Waals surface area contributed by atoms with Crippen molar-refractivity contribution in [3.05, 3.63) is 53.3 Å². The summed E-state index contributed by atoms with van der Waals surface area (Å²) < 4.78 is 0. The Bertz CT molecular complexity index is 904. The molecule has 0 bridgehead atoms. The van der Waals surface area contributed by atoms with Gasteiger partial charge in [-0.15, -0.1) is 0 Å². The van der Waals surface area contributed by atoms with Crippen LogP contribution in [-0.2, 0) is 9.59 Å². The number of nitrogens with one attached hydrogen (secondary N) is 3. The quantitative estimate of drug-likeness (QED) is 0.632. The van der Waals surface area contributed by atoms with Crippen molar-refractivity contribution >= 4 is 45.8 Å². The van der Waals surface area contributed by atoms with Gasteiger partial charge in [0.25, 0.3) is 0 Å². The van der Waals surface area contributed by atoms with Gasteiger partial charge in [0, 0.05) is 16.4 Å². The van der Waals surface area contributed by atoms with Crippen LogP contribution in [0, 0.1) is 6.92 Å². The monoisotopic (exact) mass is 328 g/mol. The lowest BCUT2D eigenvalue weighted by Crippen LogP contribution is -2.29. The fourth-order valence-electron chi connectivity index (χ4n) is 2.06. The lowest BCUT2D eigenvalue weighted by atomic mass is 10.2. The van der Waals surface area contributed by atoms with Crippen LogP contribution >= 0.6 is 11.6 Å². The zero-order valence-electron chi connectivity index (χ0n) is 12.2. The van der Waals surface area contributed by atoms with Gasteiger partial charge >= 0.3 is 11.8 Å². The van der Waals surface area contributed by atoms with Gasteiger partial charge in [-0.25, -0.2) is 4.98 Å². The summed E-state index contributed by atoms with van der Waals surface area (Å²) in [5.41, 5.74) is 3.41. The molecular formula is C16H13ClN4O2. The topological polar surface area (TPSA) is 86.9 Å². The molecule has 0 saturated carbocycles. The highest BCUT2D eigenvalue weighted by Crippen LogP contribution is 2.20. The first-order chi connectivity index (χ1) is 11.0. The van der Waals surface area contributed by atoms with Crippen LogP contribution in [0.4, 0.5) is 11.4 Å².